The summed E-state index contributed by atoms with van der Waals surface area (Å²) in [6, 6.07) is 0. The molecular weight excluding hydrogens is 192 g/mol. The molecule has 82 valence electrons. The number of hydrogen-bond acceptors (Lipinski definition) is 3. The molecule has 0 saturated carbocycles. The zero-order valence-electron chi connectivity index (χ0n) is 8.85. The highest BCUT2D eigenvalue weighted by molar-refractivity contribution is 5.67. The fourth-order valence-electron chi connectivity index (χ4n) is 1.74. The molecule has 4 heteroatoms. The first-order valence-corrected chi connectivity index (χ1v) is 5.00. The van der Waals surface area contributed by atoms with Crippen molar-refractivity contribution in [1.29, 1.82) is 0 Å². The minimum atomic E-state index is 0.282. The van der Waals surface area contributed by atoms with Crippen molar-refractivity contribution in [3.8, 4) is 0 Å². The van der Waals surface area contributed by atoms with Crippen LogP contribution in [0.5, 0.6) is 0 Å². The normalized spacial score (nSPS) is 22.1. The van der Waals surface area contributed by atoms with E-state index in [0.717, 1.165) is 31.2 Å². The zero-order valence-corrected chi connectivity index (χ0v) is 8.85. The van der Waals surface area contributed by atoms with Crippen molar-refractivity contribution in [2.45, 2.75) is 6.42 Å². The predicted octanol–water partition coefficient (Wildman–Crippen LogP) is 0.323. The molecule has 15 heavy (non-hydrogen) atoms. The highest BCUT2D eigenvalue weighted by Gasteiger charge is 2.22. The van der Waals surface area contributed by atoms with Crippen molar-refractivity contribution in [2.24, 2.45) is 5.92 Å². The topological polar surface area (TPSA) is 49.4 Å². The van der Waals surface area contributed by atoms with Crippen LogP contribution in [0.25, 0.3) is 0 Å². The maximum atomic E-state index is 10.6. The lowest BCUT2D eigenvalue weighted by Gasteiger charge is -2.11. The van der Waals surface area contributed by atoms with E-state index in [9.17, 15) is 9.59 Å². The second-order valence-electron chi connectivity index (χ2n) is 3.51. The van der Waals surface area contributed by atoms with E-state index >= 15 is 0 Å². The van der Waals surface area contributed by atoms with Crippen LogP contribution in [0.15, 0.2) is 23.9 Å². The molecule has 1 aliphatic heterocycles. The van der Waals surface area contributed by atoms with E-state index < -0.39 is 0 Å². The minimum Gasteiger partial charge on any atom is -0.394 e. The van der Waals surface area contributed by atoms with E-state index in [2.05, 4.69) is 5.32 Å². The summed E-state index contributed by atoms with van der Waals surface area (Å²) in [5.74, 6) is 0.282. The van der Waals surface area contributed by atoms with Gasteiger partial charge in [0.1, 0.15) is 6.29 Å². The third kappa shape index (κ3) is 3.23. The van der Waals surface area contributed by atoms with Crippen LogP contribution < -0.4 is 5.32 Å². The first-order chi connectivity index (χ1) is 7.31. The van der Waals surface area contributed by atoms with Crippen molar-refractivity contribution in [3.05, 3.63) is 23.9 Å². The van der Waals surface area contributed by atoms with E-state index in [1.54, 1.807) is 24.2 Å². The maximum absolute atomic E-state index is 10.6. The average molecular weight is 208 g/mol. The van der Waals surface area contributed by atoms with E-state index in [-0.39, 0.29) is 5.92 Å². The van der Waals surface area contributed by atoms with Gasteiger partial charge in [0.2, 0.25) is 6.41 Å². The number of hydrogen-bond donors (Lipinski definition) is 1. The van der Waals surface area contributed by atoms with E-state index in [1.165, 1.54) is 0 Å². The van der Waals surface area contributed by atoms with Gasteiger partial charge in [-0.1, -0.05) is 0 Å². The maximum Gasteiger partial charge on any atom is 0.209 e. The Morgan fingerprint density at radius 3 is 2.80 bits per heavy atom. The van der Waals surface area contributed by atoms with Crippen molar-refractivity contribution in [1.82, 2.24) is 10.2 Å². The predicted molar refractivity (Wildman–Crippen MR) is 58.1 cm³/mol. The Kier molecular flexibility index (Phi) is 4.60. The summed E-state index contributed by atoms with van der Waals surface area (Å²) in [5.41, 5.74) is 0.976. The first kappa shape index (κ1) is 11.5. The summed E-state index contributed by atoms with van der Waals surface area (Å²) in [6.45, 7) is 1.48. The molecule has 0 bridgehead atoms. The highest BCUT2D eigenvalue weighted by Crippen LogP contribution is 2.23. The summed E-state index contributed by atoms with van der Waals surface area (Å²) < 4.78 is 0. The molecular formula is C11H16N2O2. The fourth-order valence-corrected chi connectivity index (χ4v) is 1.74. The summed E-state index contributed by atoms with van der Waals surface area (Å²) in [5, 5.41) is 2.88. The number of rotatable bonds is 5. The Hall–Kier alpha value is -1.58. The standard InChI is InChI=1S/C11H16N2O2/c1-12-5-2-10(4-7-14)11-3-6-13(8-11)9-15/h2,4-5,7,9,11-12H,3,6,8H2,1H3/b5-2?,10-4+. The van der Waals surface area contributed by atoms with Crippen LogP contribution in [0.1, 0.15) is 6.42 Å². The summed E-state index contributed by atoms with van der Waals surface area (Å²) in [7, 11) is 1.81. The largest absolute Gasteiger partial charge is 0.394 e. The summed E-state index contributed by atoms with van der Waals surface area (Å²) in [4.78, 5) is 22.8. The number of carbonyl (C=O) groups excluding carboxylic acids is 2. The van der Waals surface area contributed by atoms with Crippen molar-refractivity contribution in [3.63, 3.8) is 0 Å². The van der Waals surface area contributed by atoms with Crippen molar-refractivity contribution < 1.29 is 9.59 Å². The van der Waals surface area contributed by atoms with Gasteiger partial charge < -0.3 is 10.2 Å². The van der Waals surface area contributed by atoms with Crippen LogP contribution in [0.2, 0.25) is 0 Å². The van der Waals surface area contributed by atoms with E-state index in [1.807, 2.05) is 6.08 Å². The molecule has 1 atom stereocenters. The van der Waals surface area contributed by atoms with Gasteiger partial charge in [-0.2, -0.15) is 0 Å². The molecule has 1 aliphatic rings. The second-order valence-corrected chi connectivity index (χ2v) is 3.51. The molecule has 1 heterocycles. The van der Waals surface area contributed by atoms with Crippen LogP contribution in [-0.2, 0) is 9.59 Å². The molecule has 1 fully saturated rings. The van der Waals surface area contributed by atoms with E-state index in [4.69, 9.17) is 0 Å². The van der Waals surface area contributed by atoms with Gasteiger partial charge in [-0.05, 0) is 30.3 Å². The number of carbonyl (C=O) groups is 2. The molecule has 0 aliphatic carbocycles. The number of nitrogens with zero attached hydrogens (tertiary/aromatic N) is 1. The van der Waals surface area contributed by atoms with Crippen molar-refractivity contribution in [2.75, 3.05) is 20.1 Å². The van der Waals surface area contributed by atoms with Crippen LogP contribution in [0, 0.1) is 5.92 Å². The molecule has 1 saturated heterocycles. The molecule has 1 rings (SSSR count). The lowest BCUT2D eigenvalue weighted by atomic mass is 9.98. The van der Waals surface area contributed by atoms with Gasteiger partial charge in [-0.3, -0.25) is 9.59 Å². The van der Waals surface area contributed by atoms with Gasteiger partial charge in [0.05, 0.1) is 0 Å². The molecule has 0 aromatic rings. The zero-order chi connectivity index (χ0) is 11.1. The number of likely N-dealkylation sites (tertiary alicyclic amines) is 1. The smallest absolute Gasteiger partial charge is 0.209 e. The molecule has 1 unspecified atom stereocenters. The van der Waals surface area contributed by atoms with Gasteiger partial charge in [0, 0.05) is 26.1 Å². The monoisotopic (exact) mass is 208 g/mol. The Bertz CT molecular complexity index is 284. The molecule has 0 aromatic carbocycles. The lowest BCUT2D eigenvalue weighted by Crippen LogP contribution is -2.18. The molecule has 1 N–H and O–H groups in total. The molecule has 0 radical (unpaired) electrons. The van der Waals surface area contributed by atoms with Crippen LogP contribution in [-0.4, -0.2) is 37.7 Å². The summed E-state index contributed by atoms with van der Waals surface area (Å²) in [6.07, 6.45) is 7.81. The first-order valence-electron chi connectivity index (χ1n) is 5.00. The van der Waals surface area contributed by atoms with Crippen LogP contribution in [0.4, 0.5) is 0 Å². The third-order valence-corrected chi connectivity index (χ3v) is 2.54. The van der Waals surface area contributed by atoms with Gasteiger partial charge in [-0.25, -0.2) is 0 Å². The molecule has 0 aromatic heterocycles. The molecule has 1 amide bonds. The van der Waals surface area contributed by atoms with Gasteiger partial charge in [-0.15, -0.1) is 0 Å². The van der Waals surface area contributed by atoms with Crippen LogP contribution >= 0.6 is 0 Å². The average Bonchev–Trinajstić information content (AvgIpc) is 2.72. The Morgan fingerprint density at radius 2 is 2.27 bits per heavy atom. The number of aldehydes is 1. The van der Waals surface area contributed by atoms with Gasteiger partial charge in [0.25, 0.3) is 0 Å². The molecule has 0 spiro atoms. The quantitative estimate of drug-likeness (QED) is 0.402. The second kappa shape index (κ2) is 6.01. The lowest BCUT2D eigenvalue weighted by molar-refractivity contribution is -0.117. The molecule has 4 nitrogen and oxygen atoms in total. The minimum absolute atomic E-state index is 0.282. The Morgan fingerprint density at radius 1 is 1.47 bits per heavy atom. The third-order valence-electron chi connectivity index (χ3n) is 2.54. The summed E-state index contributed by atoms with van der Waals surface area (Å²) >= 11 is 0. The van der Waals surface area contributed by atoms with Crippen molar-refractivity contribution >= 4 is 12.7 Å². The fraction of sp³-hybridized carbons (Fsp3) is 0.455. The Labute approximate surface area is 89.6 Å². The van der Waals surface area contributed by atoms with Crippen LogP contribution in [0.3, 0.4) is 0 Å². The van der Waals surface area contributed by atoms with E-state index in [0.29, 0.717) is 6.54 Å². The van der Waals surface area contributed by atoms with Gasteiger partial charge >= 0.3 is 0 Å². The Balaban J connectivity index is 2.65. The SMILES string of the molecule is CNC=C/C(=C\C=O)C1CCN(C=O)C1. The van der Waals surface area contributed by atoms with Gasteiger partial charge in [0.15, 0.2) is 0 Å². The highest BCUT2D eigenvalue weighted by atomic mass is 16.1. The number of allylic oxidation sites excluding steroid dienone is 2. The number of amides is 1. The number of nitrogens with one attached hydrogen (secondary N) is 1.